The van der Waals surface area contributed by atoms with E-state index < -0.39 is 0 Å². The van der Waals surface area contributed by atoms with Crippen molar-refractivity contribution in [2.75, 3.05) is 6.54 Å². The Hall–Kier alpha value is -2.10. The molecule has 1 fully saturated rings. The number of benzene rings is 1. The summed E-state index contributed by atoms with van der Waals surface area (Å²) in [6, 6.07) is 9.76. The first-order valence-corrected chi connectivity index (χ1v) is 6.36. The SMILES string of the molecule is O=C(c1ccco1)N1CCCC1c1ccccc1F. The summed E-state index contributed by atoms with van der Waals surface area (Å²) in [6.45, 7) is 0.637. The number of likely N-dealkylation sites (tertiary alicyclic amines) is 1. The van der Waals surface area contributed by atoms with Gasteiger partial charge in [0, 0.05) is 12.1 Å². The van der Waals surface area contributed by atoms with Crippen molar-refractivity contribution in [2.24, 2.45) is 0 Å². The molecule has 1 aliphatic heterocycles. The maximum Gasteiger partial charge on any atom is 0.290 e. The number of rotatable bonds is 2. The Morgan fingerprint density at radius 1 is 1.26 bits per heavy atom. The van der Waals surface area contributed by atoms with Gasteiger partial charge in [-0.3, -0.25) is 4.79 Å². The molecule has 0 saturated carbocycles. The van der Waals surface area contributed by atoms with Gasteiger partial charge >= 0.3 is 0 Å². The van der Waals surface area contributed by atoms with E-state index >= 15 is 0 Å². The van der Waals surface area contributed by atoms with E-state index in [0.717, 1.165) is 12.8 Å². The minimum absolute atomic E-state index is 0.171. The molecule has 1 saturated heterocycles. The van der Waals surface area contributed by atoms with Crippen LogP contribution >= 0.6 is 0 Å². The molecule has 0 spiro atoms. The van der Waals surface area contributed by atoms with Gasteiger partial charge in [0.1, 0.15) is 5.82 Å². The average Bonchev–Trinajstić information content (AvgIpc) is 3.10. The van der Waals surface area contributed by atoms with Crippen molar-refractivity contribution >= 4 is 5.91 Å². The van der Waals surface area contributed by atoms with E-state index in [-0.39, 0.29) is 17.8 Å². The smallest absolute Gasteiger partial charge is 0.290 e. The van der Waals surface area contributed by atoms with Gasteiger partial charge in [0.05, 0.1) is 12.3 Å². The highest BCUT2D eigenvalue weighted by Crippen LogP contribution is 2.34. The number of furan rings is 1. The third kappa shape index (κ3) is 2.14. The highest BCUT2D eigenvalue weighted by atomic mass is 19.1. The van der Waals surface area contributed by atoms with Gasteiger partial charge < -0.3 is 9.32 Å². The first-order chi connectivity index (χ1) is 9.27. The molecule has 2 aromatic rings. The average molecular weight is 259 g/mol. The Bertz CT molecular complexity index is 580. The molecule has 0 radical (unpaired) electrons. The second-order valence-electron chi connectivity index (χ2n) is 4.66. The molecule has 0 N–H and O–H groups in total. The van der Waals surface area contributed by atoms with Gasteiger partial charge in [-0.05, 0) is 31.0 Å². The third-order valence-corrected chi connectivity index (χ3v) is 3.51. The molecule has 1 atom stereocenters. The monoisotopic (exact) mass is 259 g/mol. The second-order valence-corrected chi connectivity index (χ2v) is 4.66. The summed E-state index contributed by atoms with van der Waals surface area (Å²) in [7, 11) is 0. The van der Waals surface area contributed by atoms with Crippen LogP contribution in [0.5, 0.6) is 0 Å². The van der Waals surface area contributed by atoms with Gasteiger partial charge in [-0.1, -0.05) is 18.2 Å². The molecular weight excluding hydrogens is 245 g/mol. The van der Waals surface area contributed by atoms with Crippen molar-refractivity contribution in [1.82, 2.24) is 4.90 Å². The molecule has 2 heterocycles. The minimum Gasteiger partial charge on any atom is -0.459 e. The van der Waals surface area contributed by atoms with Crippen molar-refractivity contribution in [3.63, 3.8) is 0 Å². The van der Waals surface area contributed by atoms with E-state index in [1.807, 2.05) is 0 Å². The maximum absolute atomic E-state index is 13.9. The van der Waals surface area contributed by atoms with Crippen LogP contribution < -0.4 is 0 Å². The zero-order valence-electron chi connectivity index (χ0n) is 10.4. The summed E-state index contributed by atoms with van der Waals surface area (Å²) in [5.41, 5.74) is 0.583. The highest BCUT2D eigenvalue weighted by Gasteiger charge is 2.33. The van der Waals surface area contributed by atoms with Crippen LogP contribution in [0, 0.1) is 5.82 Å². The van der Waals surface area contributed by atoms with Gasteiger partial charge in [-0.25, -0.2) is 4.39 Å². The minimum atomic E-state index is -0.258. The Morgan fingerprint density at radius 3 is 2.84 bits per heavy atom. The van der Waals surface area contributed by atoms with Crippen molar-refractivity contribution in [3.05, 3.63) is 59.8 Å². The second kappa shape index (κ2) is 4.88. The number of carbonyl (C=O) groups is 1. The fourth-order valence-corrected chi connectivity index (χ4v) is 2.62. The summed E-state index contributed by atoms with van der Waals surface area (Å²) in [4.78, 5) is 14.0. The van der Waals surface area contributed by atoms with Crippen LogP contribution in [0.15, 0.2) is 47.1 Å². The van der Waals surface area contributed by atoms with Crippen LogP contribution in [0.4, 0.5) is 4.39 Å². The number of hydrogen-bond donors (Lipinski definition) is 0. The van der Waals surface area contributed by atoms with E-state index in [9.17, 15) is 9.18 Å². The molecule has 0 bridgehead atoms. The Morgan fingerprint density at radius 2 is 2.11 bits per heavy atom. The summed E-state index contributed by atoms with van der Waals surface area (Å²) < 4.78 is 19.0. The Balaban J connectivity index is 1.90. The van der Waals surface area contributed by atoms with E-state index in [1.54, 1.807) is 35.2 Å². The topological polar surface area (TPSA) is 33.5 Å². The molecule has 1 unspecified atom stereocenters. The van der Waals surface area contributed by atoms with Gasteiger partial charge in [0.2, 0.25) is 0 Å². The lowest BCUT2D eigenvalue weighted by atomic mass is 10.0. The van der Waals surface area contributed by atoms with E-state index in [4.69, 9.17) is 4.42 Å². The standard InChI is InChI=1S/C15H14FNO2/c16-12-6-2-1-5-11(12)13-7-3-9-17(13)15(18)14-8-4-10-19-14/h1-2,4-6,8,10,13H,3,7,9H2. The normalized spacial score (nSPS) is 18.8. The molecule has 1 aromatic carbocycles. The quantitative estimate of drug-likeness (QED) is 0.828. The zero-order chi connectivity index (χ0) is 13.2. The summed E-state index contributed by atoms with van der Waals surface area (Å²) in [5, 5.41) is 0. The molecule has 4 heteroatoms. The highest BCUT2D eigenvalue weighted by molar-refractivity contribution is 5.91. The van der Waals surface area contributed by atoms with E-state index in [0.29, 0.717) is 17.9 Å². The summed E-state index contributed by atoms with van der Waals surface area (Å²) >= 11 is 0. The van der Waals surface area contributed by atoms with Crippen molar-refractivity contribution in [1.29, 1.82) is 0 Å². The molecule has 19 heavy (non-hydrogen) atoms. The fraction of sp³-hybridized carbons (Fsp3) is 0.267. The van der Waals surface area contributed by atoms with Gasteiger partial charge in [-0.15, -0.1) is 0 Å². The van der Waals surface area contributed by atoms with Crippen molar-refractivity contribution in [3.8, 4) is 0 Å². The predicted molar refractivity (Wildman–Crippen MR) is 68.1 cm³/mol. The molecule has 1 aromatic heterocycles. The fourth-order valence-electron chi connectivity index (χ4n) is 2.62. The van der Waals surface area contributed by atoms with Gasteiger partial charge in [0.25, 0.3) is 5.91 Å². The van der Waals surface area contributed by atoms with Crippen LogP contribution in [0.25, 0.3) is 0 Å². The van der Waals surface area contributed by atoms with E-state index in [2.05, 4.69) is 0 Å². The maximum atomic E-state index is 13.9. The Kier molecular flexibility index (Phi) is 3.07. The van der Waals surface area contributed by atoms with Gasteiger partial charge in [-0.2, -0.15) is 0 Å². The third-order valence-electron chi connectivity index (χ3n) is 3.51. The molecule has 1 amide bonds. The predicted octanol–water partition coefficient (Wildman–Crippen LogP) is 3.40. The number of carbonyl (C=O) groups excluding carboxylic acids is 1. The zero-order valence-corrected chi connectivity index (χ0v) is 10.4. The van der Waals surface area contributed by atoms with Gasteiger partial charge in [0.15, 0.2) is 5.76 Å². The van der Waals surface area contributed by atoms with E-state index in [1.165, 1.54) is 12.3 Å². The first-order valence-electron chi connectivity index (χ1n) is 6.36. The number of nitrogens with zero attached hydrogens (tertiary/aromatic N) is 1. The number of halogens is 1. The molecule has 3 rings (SSSR count). The molecular formula is C15H14FNO2. The number of hydrogen-bond acceptors (Lipinski definition) is 2. The first kappa shape index (κ1) is 12.0. The van der Waals surface area contributed by atoms with Crippen LogP contribution in [-0.4, -0.2) is 17.4 Å². The van der Waals surface area contributed by atoms with Crippen LogP contribution in [0.1, 0.15) is 35.0 Å². The Labute approximate surface area is 110 Å². The lowest BCUT2D eigenvalue weighted by molar-refractivity contribution is 0.0701. The summed E-state index contributed by atoms with van der Waals surface area (Å²) in [5.74, 6) is -0.120. The lowest BCUT2D eigenvalue weighted by Gasteiger charge is -2.24. The van der Waals surface area contributed by atoms with Crippen LogP contribution in [-0.2, 0) is 0 Å². The molecule has 0 aliphatic carbocycles. The van der Waals surface area contributed by atoms with Crippen LogP contribution in [0.2, 0.25) is 0 Å². The lowest BCUT2D eigenvalue weighted by Crippen LogP contribution is -2.30. The van der Waals surface area contributed by atoms with Crippen molar-refractivity contribution in [2.45, 2.75) is 18.9 Å². The summed E-state index contributed by atoms with van der Waals surface area (Å²) in [6.07, 6.45) is 3.14. The number of amides is 1. The molecule has 3 nitrogen and oxygen atoms in total. The van der Waals surface area contributed by atoms with Crippen LogP contribution in [0.3, 0.4) is 0 Å². The molecule has 1 aliphatic rings. The molecule has 98 valence electrons. The largest absolute Gasteiger partial charge is 0.459 e. The van der Waals surface area contributed by atoms with Crippen molar-refractivity contribution < 1.29 is 13.6 Å².